The lowest BCUT2D eigenvalue weighted by Gasteiger charge is -2.07. The highest BCUT2D eigenvalue weighted by Crippen LogP contribution is 2.17. The van der Waals surface area contributed by atoms with Crippen LogP contribution >= 0.6 is 0 Å². The summed E-state index contributed by atoms with van der Waals surface area (Å²) in [6.07, 6.45) is 2.66. The van der Waals surface area contributed by atoms with E-state index in [4.69, 9.17) is 0 Å². The molecule has 0 bridgehead atoms. The second kappa shape index (κ2) is 8.39. The molecule has 0 saturated carbocycles. The molecule has 0 atom stereocenters. The molecule has 6 nitrogen and oxygen atoms in total. The van der Waals surface area contributed by atoms with E-state index in [1.807, 2.05) is 42.6 Å². The van der Waals surface area contributed by atoms with Gasteiger partial charge in [0.2, 0.25) is 0 Å². The molecule has 4 rings (SSSR count). The third-order valence-electron chi connectivity index (χ3n) is 4.60. The van der Waals surface area contributed by atoms with Gasteiger partial charge in [-0.3, -0.25) is 9.59 Å². The quantitative estimate of drug-likeness (QED) is 0.473. The summed E-state index contributed by atoms with van der Waals surface area (Å²) >= 11 is 0. The van der Waals surface area contributed by atoms with Gasteiger partial charge in [0.1, 0.15) is 11.4 Å². The molecule has 0 saturated heterocycles. The number of benzene rings is 2. The SMILES string of the molecule is O=C(NCCc1c[nH]c2ccccc12)c1cccc(C(=O)Nc2ccccc2)n1. The van der Waals surface area contributed by atoms with Gasteiger partial charge in [0.15, 0.2) is 0 Å². The lowest BCUT2D eigenvalue weighted by Crippen LogP contribution is -2.27. The van der Waals surface area contributed by atoms with Crippen LogP contribution < -0.4 is 10.6 Å². The Morgan fingerprint density at radius 3 is 2.38 bits per heavy atom. The molecule has 144 valence electrons. The van der Waals surface area contributed by atoms with Crippen molar-refractivity contribution in [3.63, 3.8) is 0 Å². The summed E-state index contributed by atoms with van der Waals surface area (Å²) in [6, 6.07) is 22.0. The molecule has 6 heteroatoms. The van der Waals surface area contributed by atoms with Crippen LogP contribution in [0.2, 0.25) is 0 Å². The number of para-hydroxylation sites is 2. The normalized spacial score (nSPS) is 10.6. The van der Waals surface area contributed by atoms with Crippen molar-refractivity contribution >= 4 is 28.4 Å². The van der Waals surface area contributed by atoms with Gasteiger partial charge in [-0.25, -0.2) is 4.98 Å². The first-order valence-corrected chi connectivity index (χ1v) is 9.37. The van der Waals surface area contributed by atoms with Crippen LogP contribution in [0.5, 0.6) is 0 Å². The van der Waals surface area contributed by atoms with E-state index in [0.29, 0.717) is 18.7 Å². The lowest BCUT2D eigenvalue weighted by atomic mass is 10.1. The maximum absolute atomic E-state index is 12.5. The van der Waals surface area contributed by atoms with Crippen molar-refractivity contribution in [2.75, 3.05) is 11.9 Å². The number of rotatable bonds is 6. The minimum atomic E-state index is -0.357. The Labute approximate surface area is 168 Å². The fourth-order valence-corrected chi connectivity index (χ4v) is 3.14. The summed E-state index contributed by atoms with van der Waals surface area (Å²) in [5, 5.41) is 6.79. The number of hydrogen-bond donors (Lipinski definition) is 3. The van der Waals surface area contributed by atoms with Crippen LogP contribution in [0.4, 0.5) is 5.69 Å². The standard InChI is InChI=1S/C23H20N4O2/c28-22(24-14-13-16-15-25-19-10-5-4-9-18(16)19)20-11-6-12-21(27-20)23(29)26-17-7-2-1-3-8-17/h1-12,15,25H,13-14H2,(H,24,28)(H,26,29). The molecule has 0 aliphatic rings. The van der Waals surface area contributed by atoms with Crippen molar-refractivity contribution in [2.24, 2.45) is 0 Å². The number of carbonyl (C=O) groups is 2. The summed E-state index contributed by atoms with van der Waals surface area (Å²) in [7, 11) is 0. The third-order valence-corrected chi connectivity index (χ3v) is 4.60. The van der Waals surface area contributed by atoms with Crippen molar-refractivity contribution < 1.29 is 9.59 Å². The van der Waals surface area contributed by atoms with Crippen LogP contribution in [0, 0.1) is 0 Å². The predicted octanol–water partition coefficient (Wildman–Crippen LogP) is 3.79. The zero-order valence-electron chi connectivity index (χ0n) is 15.7. The Kier molecular flexibility index (Phi) is 5.33. The van der Waals surface area contributed by atoms with Crippen molar-refractivity contribution in [1.82, 2.24) is 15.3 Å². The molecule has 0 radical (unpaired) electrons. The second-order valence-electron chi connectivity index (χ2n) is 6.59. The summed E-state index contributed by atoms with van der Waals surface area (Å²) in [6.45, 7) is 0.475. The number of aromatic nitrogens is 2. The summed E-state index contributed by atoms with van der Waals surface area (Å²) in [5.41, 5.74) is 3.30. The fourth-order valence-electron chi connectivity index (χ4n) is 3.14. The zero-order chi connectivity index (χ0) is 20.1. The number of pyridine rings is 1. The van der Waals surface area contributed by atoms with Gasteiger partial charge in [0, 0.05) is 29.3 Å². The van der Waals surface area contributed by atoms with Crippen LogP contribution in [0.3, 0.4) is 0 Å². The van der Waals surface area contributed by atoms with E-state index in [9.17, 15) is 9.59 Å². The molecular weight excluding hydrogens is 364 g/mol. The highest BCUT2D eigenvalue weighted by atomic mass is 16.2. The monoisotopic (exact) mass is 384 g/mol. The number of nitrogens with zero attached hydrogens (tertiary/aromatic N) is 1. The van der Waals surface area contributed by atoms with E-state index in [-0.39, 0.29) is 23.2 Å². The third kappa shape index (κ3) is 4.32. The van der Waals surface area contributed by atoms with E-state index in [0.717, 1.165) is 16.5 Å². The average molecular weight is 384 g/mol. The Morgan fingerprint density at radius 2 is 1.55 bits per heavy atom. The number of nitrogens with one attached hydrogen (secondary N) is 3. The highest BCUT2D eigenvalue weighted by Gasteiger charge is 2.13. The molecule has 0 unspecified atom stereocenters. The Hall–Kier alpha value is -3.93. The van der Waals surface area contributed by atoms with E-state index >= 15 is 0 Å². The number of amides is 2. The Bertz CT molecular complexity index is 1150. The summed E-state index contributed by atoms with van der Waals surface area (Å²) < 4.78 is 0. The molecule has 4 aromatic rings. The van der Waals surface area contributed by atoms with E-state index in [2.05, 4.69) is 26.7 Å². The van der Waals surface area contributed by atoms with Crippen LogP contribution in [0.25, 0.3) is 10.9 Å². The zero-order valence-corrected chi connectivity index (χ0v) is 15.7. The van der Waals surface area contributed by atoms with Crippen molar-refractivity contribution in [3.8, 4) is 0 Å². The van der Waals surface area contributed by atoms with Gasteiger partial charge in [-0.05, 0) is 42.3 Å². The number of carbonyl (C=O) groups excluding carboxylic acids is 2. The molecule has 3 N–H and O–H groups in total. The molecule has 0 fully saturated rings. The minimum Gasteiger partial charge on any atom is -0.361 e. The predicted molar refractivity (Wildman–Crippen MR) is 113 cm³/mol. The molecule has 2 aromatic heterocycles. The Balaban J connectivity index is 1.37. The van der Waals surface area contributed by atoms with Crippen molar-refractivity contribution in [2.45, 2.75) is 6.42 Å². The minimum absolute atomic E-state index is 0.193. The number of anilines is 1. The van der Waals surface area contributed by atoms with E-state index < -0.39 is 0 Å². The maximum atomic E-state index is 12.5. The van der Waals surface area contributed by atoms with Gasteiger partial charge in [-0.2, -0.15) is 0 Å². The molecule has 0 spiro atoms. The molecule has 0 aliphatic carbocycles. The largest absolute Gasteiger partial charge is 0.361 e. The first-order chi connectivity index (χ1) is 14.2. The maximum Gasteiger partial charge on any atom is 0.274 e. The van der Waals surface area contributed by atoms with Crippen LogP contribution in [-0.2, 0) is 6.42 Å². The van der Waals surface area contributed by atoms with Gasteiger partial charge in [-0.1, -0.05) is 42.5 Å². The highest BCUT2D eigenvalue weighted by molar-refractivity contribution is 6.03. The van der Waals surface area contributed by atoms with Crippen LogP contribution in [0.15, 0.2) is 79.0 Å². The summed E-state index contributed by atoms with van der Waals surface area (Å²) in [4.78, 5) is 32.3. The second-order valence-corrected chi connectivity index (χ2v) is 6.59. The lowest BCUT2D eigenvalue weighted by molar-refractivity contribution is 0.0949. The average Bonchev–Trinajstić information content (AvgIpc) is 3.18. The molecule has 2 aromatic carbocycles. The molecule has 29 heavy (non-hydrogen) atoms. The fraction of sp³-hybridized carbons (Fsp3) is 0.0870. The van der Waals surface area contributed by atoms with E-state index in [1.54, 1.807) is 30.3 Å². The van der Waals surface area contributed by atoms with E-state index in [1.165, 1.54) is 0 Å². The van der Waals surface area contributed by atoms with Gasteiger partial charge in [-0.15, -0.1) is 0 Å². The smallest absolute Gasteiger partial charge is 0.274 e. The van der Waals surface area contributed by atoms with Crippen LogP contribution in [-0.4, -0.2) is 28.3 Å². The van der Waals surface area contributed by atoms with Gasteiger partial charge in [0.25, 0.3) is 11.8 Å². The van der Waals surface area contributed by atoms with Crippen molar-refractivity contribution in [3.05, 3.63) is 95.9 Å². The van der Waals surface area contributed by atoms with Gasteiger partial charge < -0.3 is 15.6 Å². The number of fused-ring (bicyclic) bond motifs is 1. The van der Waals surface area contributed by atoms with Gasteiger partial charge in [0.05, 0.1) is 0 Å². The number of aromatic amines is 1. The molecular formula is C23H20N4O2. The van der Waals surface area contributed by atoms with Crippen LogP contribution in [0.1, 0.15) is 26.5 Å². The van der Waals surface area contributed by atoms with Gasteiger partial charge >= 0.3 is 0 Å². The summed E-state index contributed by atoms with van der Waals surface area (Å²) in [5.74, 6) is -0.663. The number of hydrogen-bond acceptors (Lipinski definition) is 3. The molecule has 0 aliphatic heterocycles. The first kappa shape index (κ1) is 18.4. The molecule has 2 heterocycles. The van der Waals surface area contributed by atoms with Crippen molar-refractivity contribution in [1.29, 1.82) is 0 Å². The molecule has 2 amide bonds. The Morgan fingerprint density at radius 1 is 0.828 bits per heavy atom. The number of H-pyrrole nitrogens is 1. The first-order valence-electron chi connectivity index (χ1n) is 9.37. The topological polar surface area (TPSA) is 86.9 Å².